The van der Waals surface area contributed by atoms with Crippen LogP contribution < -0.4 is 10.0 Å². The lowest BCUT2D eigenvalue weighted by atomic mass is 10.1. The summed E-state index contributed by atoms with van der Waals surface area (Å²) in [5.74, 6) is -2.18. The van der Waals surface area contributed by atoms with Crippen LogP contribution in [0.2, 0.25) is 5.02 Å². The van der Waals surface area contributed by atoms with Gasteiger partial charge in [-0.3, -0.25) is 9.59 Å². The van der Waals surface area contributed by atoms with Crippen LogP contribution in [0, 0.1) is 5.82 Å². The first-order chi connectivity index (χ1) is 14.3. The molecule has 164 valence electrons. The number of anilines is 1. The Bertz CT molecular complexity index is 1300. The van der Waals surface area contributed by atoms with Crippen LogP contribution in [0.4, 0.5) is 10.1 Å². The molecule has 0 aliphatic heterocycles. The zero-order valence-electron chi connectivity index (χ0n) is 16.7. The minimum Gasteiger partial charge on any atom is -0.381 e. The first-order valence-electron chi connectivity index (χ1n) is 8.96. The highest BCUT2D eigenvalue weighted by Crippen LogP contribution is 2.29. The summed E-state index contributed by atoms with van der Waals surface area (Å²) in [5.41, 5.74) is -0.789. The van der Waals surface area contributed by atoms with Crippen molar-refractivity contribution in [1.29, 1.82) is 0 Å². The molecule has 0 spiro atoms. The molecule has 31 heavy (non-hydrogen) atoms. The van der Waals surface area contributed by atoms with Crippen molar-refractivity contribution < 1.29 is 27.5 Å². The molecule has 1 heterocycles. The number of benzene rings is 2. The number of sulfonamides is 1. The zero-order chi connectivity index (χ0) is 23.1. The number of nitrogens with zero attached hydrogens (tertiary/aromatic N) is 1. The van der Waals surface area contributed by atoms with Gasteiger partial charge in [-0.25, -0.2) is 17.5 Å². The van der Waals surface area contributed by atoms with Crippen LogP contribution in [0.25, 0.3) is 10.9 Å². The van der Waals surface area contributed by atoms with Crippen molar-refractivity contribution in [3.05, 3.63) is 59.0 Å². The number of carbonyl (C=O) groups is 2. The van der Waals surface area contributed by atoms with Gasteiger partial charge in [0.25, 0.3) is 21.8 Å². The number of aliphatic hydroxyl groups is 1. The summed E-state index contributed by atoms with van der Waals surface area (Å²) in [4.78, 5) is 24.2. The molecule has 11 heteroatoms. The summed E-state index contributed by atoms with van der Waals surface area (Å²) in [6.45, 7) is 2.32. The van der Waals surface area contributed by atoms with Crippen molar-refractivity contribution in [3.63, 3.8) is 0 Å². The number of hydrogen-bond donors (Lipinski definition) is 3. The number of nitrogens with one attached hydrogen (secondary N) is 2. The van der Waals surface area contributed by atoms with Gasteiger partial charge in [-0.05, 0) is 56.3 Å². The fraction of sp³-hybridized carbons (Fsp3) is 0.200. The number of hydrogen-bond acceptors (Lipinski definition) is 5. The molecule has 3 N–H and O–H groups in total. The number of fused-ring (bicyclic) bond motifs is 1. The highest BCUT2D eigenvalue weighted by molar-refractivity contribution is 7.90. The number of aromatic nitrogens is 1. The predicted molar refractivity (Wildman–Crippen MR) is 114 cm³/mol. The molecular weight excluding hydrogens is 449 g/mol. The minimum absolute atomic E-state index is 0.0881. The van der Waals surface area contributed by atoms with E-state index in [9.17, 15) is 27.5 Å². The summed E-state index contributed by atoms with van der Waals surface area (Å²) < 4.78 is 41.6. The summed E-state index contributed by atoms with van der Waals surface area (Å²) in [7, 11) is -2.57. The second-order valence-electron chi connectivity index (χ2n) is 7.35. The number of aryl methyl sites for hydroxylation is 1. The Morgan fingerprint density at radius 2 is 1.74 bits per heavy atom. The molecule has 8 nitrogen and oxygen atoms in total. The van der Waals surface area contributed by atoms with E-state index in [0.717, 1.165) is 13.8 Å². The largest absolute Gasteiger partial charge is 0.381 e. The Labute approximate surface area is 182 Å². The molecule has 0 bridgehead atoms. The summed E-state index contributed by atoms with van der Waals surface area (Å²) in [5, 5.41) is 12.5. The molecular formula is C20H19ClFN3O5S. The van der Waals surface area contributed by atoms with Crippen LogP contribution >= 0.6 is 11.6 Å². The fourth-order valence-electron chi connectivity index (χ4n) is 2.79. The quantitative estimate of drug-likeness (QED) is 0.533. The van der Waals surface area contributed by atoms with Crippen molar-refractivity contribution in [2.45, 2.75) is 24.3 Å². The Balaban J connectivity index is 1.81. The highest BCUT2D eigenvalue weighted by Gasteiger charge is 2.29. The summed E-state index contributed by atoms with van der Waals surface area (Å²) in [6.07, 6.45) is 0. The van der Waals surface area contributed by atoms with Crippen LogP contribution in [-0.4, -0.2) is 35.5 Å². The van der Waals surface area contributed by atoms with Crippen LogP contribution in [0.3, 0.4) is 0 Å². The molecule has 0 aliphatic rings. The Kier molecular flexibility index (Phi) is 5.83. The monoisotopic (exact) mass is 467 g/mol. The van der Waals surface area contributed by atoms with Gasteiger partial charge in [-0.2, -0.15) is 0 Å². The molecule has 0 radical (unpaired) electrons. The summed E-state index contributed by atoms with van der Waals surface area (Å²) in [6, 6.07) is 9.26. The standard InChI is InChI=1S/C20H19ClFN3O5S/c1-20(2,28)19(27)24-31(29,30)12-6-4-11(5-7-12)23-18(26)16-10-13-15(25(16)3)9-8-14(22)17(13)21/h4-10,28H,1-3H3,(H,23,26)(H,24,27). The molecule has 0 aliphatic carbocycles. The van der Waals surface area contributed by atoms with E-state index in [1.807, 2.05) is 0 Å². The van der Waals surface area contributed by atoms with E-state index < -0.39 is 33.3 Å². The fourth-order valence-corrected chi connectivity index (χ4v) is 4.11. The smallest absolute Gasteiger partial charge is 0.272 e. The van der Waals surface area contributed by atoms with E-state index in [2.05, 4.69) is 5.32 Å². The van der Waals surface area contributed by atoms with Gasteiger partial charge in [0.15, 0.2) is 0 Å². The van der Waals surface area contributed by atoms with Crippen LogP contribution in [0.15, 0.2) is 47.4 Å². The number of amides is 2. The van der Waals surface area contributed by atoms with Crippen molar-refractivity contribution in [2.75, 3.05) is 5.32 Å². The first-order valence-corrected chi connectivity index (χ1v) is 10.8. The maximum atomic E-state index is 13.7. The van der Waals surface area contributed by atoms with Gasteiger partial charge in [0, 0.05) is 18.1 Å². The maximum Gasteiger partial charge on any atom is 0.272 e. The molecule has 3 rings (SSSR count). The molecule has 0 unspecified atom stereocenters. The van der Waals surface area contributed by atoms with Crippen molar-refractivity contribution in [2.24, 2.45) is 7.05 Å². The van der Waals surface area contributed by atoms with Crippen molar-refractivity contribution in [3.8, 4) is 0 Å². The molecule has 0 fully saturated rings. The van der Waals surface area contributed by atoms with Gasteiger partial charge in [-0.15, -0.1) is 0 Å². The third kappa shape index (κ3) is 4.55. The van der Waals surface area contributed by atoms with Gasteiger partial charge < -0.3 is 15.0 Å². The number of rotatable bonds is 5. The Hall–Kier alpha value is -2.95. The van der Waals surface area contributed by atoms with Crippen LogP contribution in [0.5, 0.6) is 0 Å². The molecule has 2 amide bonds. The molecule has 0 saturated carbocycles. The lowest BCUT2D eigenvalue weighted by molar-refractivity contribution is -0.134. The maximum absolute atomic E-state index is 13.7. The molecule has 3 aromatic rings. The summed E-state index contributed by atoms with van der Waals surface area (Å²) >= 11 is 5.98. The lowest BCUT2D eigenvalue weighted by Gasteiger charge is -2.16. The van der Waals surface area contributed by atoms with E-state index in [4.69, 9.17) is 11.6 Å². The third-order valence-electron chi connectivity index (χ3n) is 4.55. The second kappa shape index (κ2) is 7.95. The number of carbonyl (C=O) groups excluding carboxylic acids is 2. The van der Waals surface area contributed by atoms with Crippen LogP contribution in [0.1, 0.15) is 24.3 Å². The lowest BCUT2D eigenvalue weighted by Crippen LogP contribution is -2.44. The Morgan fingerprint density at radius 3 is 2.32 bits per heavy atom. The first kappa shape index (κ1) is 22.7. The van der Waals surface area contributed by atoms with Crippen molar-refractivity contribution in [1.82, 2.24) is 9.29 Å². The Morgan fingerprint density at radius 1 is 1.13 bits per heavy atom. The molecule has 2 aromatic carbocycles. The average molecular weight is 468 g/mol. The van der Waals surface area contributed by atoms with Gasteiger partial charge >= 0.3 is 0 Å². The highest BCUT2D eigenvalue weighted by atomic mass is 35.5. The predicted octanol–water partition coefficient (Wildman–Crippen LogP) is 2.80. The molecule has 1 aromatic heterocycles. The normalized spacial score (nSPS) is 12.1. The SMILES string of the molecule is Cn1c(C(=O)Nc2ccc(S(=O)(=O)NC(=O)C(C)(C)O)cc2)cc2c(Cl)c(F)ccc21. The molecule has 0 atom stereocenters. The topological polar surface area (TPSA) is 118 Å². The van der Waals surface area contributed by atoms with Gasteiger partial charge in [-0.1, -0.05) is 11.6 Å². The number of halogens is 2. The van der Waals surface area contributed by atoms with E-state index in [1.165, 1.54) is 42.5 Å². The van der Waals surface area contributed by atoms with Gasteiger partial charge in [0.2, 0.25) is 0 Å². The minimum atomic E-state index is -4.20. The third-order valence-corrected chi connectivity index (χ3v) is 6.28. The van der Waals surface area contributed by atoms with E-state index in [0.29, 0.717) is 16.6 Å². The van der Waals surface area contributed by atoms with Gasteiger partial charge in [0.1, 0.15) is 17.1 Å². The van der Waals surface area contributed by atoms with Gasteiger partial charge in [0.05, 0.1) is 15.4 Å². The van der Waals surface area contributed by atoms with Crippen LogP contribution in [-0.2, 0) is 21.9 Å². The second-order valence-corrected chi connectivity index (χ2v) is 9.42. The van der Waals surface area contributed by atoms with E-state index in [1.54, 1.807) is 16.3 Å². The molecule has 0 saturated heterocycles. The average Bonchev–Trinajstić information content (AvgIpc) is 3.01. The zero-order valence-corrected chi connectivity index (χ0v) is 18.3. The van der Waals surface area contributed by atoms with Crippen molar-refractivity contribution >= 4 is 50.0 Å². The van der Waals surface area contributed by atoms with E-state index >= 15 is 0 Å². The van der Waals surface area contributed by atoms with E-state index in [-0.39, 0.29) is 15.6 Å².